The van der Waals surface area contributed by atoms with E-state index in [9.17, 15) is 5.11 Å². The van der Waals surface area contributed by atoms with Crippen LogP contribution in [0.4, 0.5) is 0 Å². The van der Waals surface area contributed by atoms with Crippen LogP contribution < -0.4 is 4.74 Å². The summed E-state index contributed by atoms with van der Waals surface area (Å²) >= 11 is 0. The molecule has 0 spiro atoms. The Balaban J connectivity index is 2.01. The van der Waals surface area contributed by atoms with E-state index in [4.69, 9.17) is 4.74 Å². The van der Waals surface area contributed by atoms with Crippen molar-refractivity contribution in [1.82, 2.24) is 9.88 Å². The summed E-state index contributed by atoms with van der Waals surface area (Å²) < 4.78 is 5.87. The van der Waals surface area contributed by atoms with Gasteiger partial charge in [-0.1, -0.05) is 18.2 Å². The Bertz CT molecular complexity index is 686. The lowest BCUT2D eigenvalue weighted by Crippen LogP contribution is -2.31. The van der Waals surface area contributed by atoms with Crippen molar-refractivity contribution >= 4 is 5.71 Å². The Hall–Kier alpha value is -2.24. The van der Waals surface area contributed by atoms with E-state index in [2.05, 4.69) is 9.98 Å². The highest BCUT2D eigenvalue weighted by molar-refractivity contribution is 6.08. The number of aliphatic imine (C=N–C) groups is 1. The normalized spacial score (nSPS) is 20.2. The van der Waals surface area contributed by atoms with Gasteiger partial charge in [0.1, 0.15) is 12.4 Å². The number of benzene rings is 1. The van der Waals surface area contributed by atoms with Crippen molar-refractivity contribution in [2.45, 2.75) is 12.1 Å². The average molecular weight is 311 g/mol. The number of fused-ring (bicyclic) bond motifs is 1. The number of aliphatic hydroxyl groups excluding tert-OH is 1. The van der Waals surface area contributed by atoms with Crippen molar-refractivity contribution in [3.63, 3.8) is 0 Å². The van der Waals surface area contributed by atoms with Gasteiger partial charge in [-0.15, -0.1) is 0 Å². The van der Waals surface area contributed by atoms with Crippen LogP contribution >= 0.6 is 0 Å². The molecule has 0 fully saturated rings. The predicted octanol–water partition coefficient (Wildman–Crippen LogP) is 1.93. The molecule has 1 N–H and O–H groups in total. The molecule has 2 atom stereocenters. The van der Waals surface area contributed by atoms with Crippen LogP contribution in [0.5, 0.6) is 5.75 Å². The maximum Gasteiger partial charge on any atom is 0.158 e. The van der Waals surface area contributed by atoms with Crippen molar-refractivity contribution in [3.05, 3.63) is 59.9 Å². The molecule has 0 saturated carbocycles. The molecule has 2 aromatic rings. The number of rotatable bonds is 4. The van der Waals surface area contributed by atoms with Gasteiger partial charge in [-0.2, -0.15) is 0 Å². The summed E-state index contributed by atoms with van der Waals surface area (Å²) in [5, 5.41) is 10.3. The first-order chi connectivity index (χ1) is 11.1. The lowest BCUT2D eigenvalue weighted by atomic mass is 9.91. The van der Waals surface area contributed by atoms with E-state index in [1.54, 1.807) is 6.20 Å². The van der Waals surface area contributed by atoms with Crippen LogP contribution in [0.3, 0.4) is 0 Å². The fraction of sp³-hybridized carbons (Fsp3) is 0.333. The Morgan fingerprint density at radius 2 is 2.04 bits per heavy atom. The molecule has 0 radical (unpaired) electrons. The maximum atomic E-state index is 10.3. The number of para-hydroxylation sites is 1. The van der Waals surface area contributed by atoms with Crippen LogP contribution in [0.1, 0.15) is 17.2 Å². The number of nitrogens with zero attached hydrogens (tertiary/aromatic N) is 3. The maximum absolute atomic E-state index is 10.3. The molecule has 2 heterocycles. The van der Waals surface area contributed by atoms with E-state index in [1.165, 1.54) is 0 Å². The Labute approximate surface area is 136 Å². The van der Waals surface area contributed by atoms with E-state index in [0.29, 0.717) is 13.2 Å². The number of hydrogen-bond donors (Lipinski definition) is 1. The number of likely N-dealkylation sites (N-methyl/N-ethyl adjacent to an activating group) is 1. The summed E-state index contributed by atoms with van der Waals surface area (Å²) in [6, 6.07) is 13.6. The van der Waals surface area contributed by atoms with Crippen molar-refractivity contribution in [3.8, 4) is 5.75 Å². The second kappa shape index (κ2) is 6.89. The molecule has 1 aromatic carbocycles. The van der Waals surface area contributed by atoms with Crippen molar-refractivity contribution < 1.29 is 9.84 Å². The lowest BCUT2D eigenvalue weighted by Gasteiger charge is -2.28. The highest BCUT2D eigenvalue weighted by Gasteiger charge is 2.29. The molecule has 0 aliphatic carbocycles. The molecule has 120 valence electrons. The summed E-state index contributed by atoms with van der Waals surface area (Å²) in [7, 11) is 3.83. The van der Waals surface area contributed by atoms with Gasteiger partial charge in [-0.3, -0.25) is 9.98 Å². The van der Waals surface area contributed by atoms with Crippen molar-refractivity contribution in [2.24, 2.45) is 4.99 Å². The van der Waals surface area contributed by atoms with Gasteiger partial charge in [0.25, 0.3) is 0 Å². The zero-order valence-corrected chi connectivity index (χ0v) is 13.4. The number of hydrogen-bond acceptors (Lipinski definition) is 5. The monoisotopic (exact) mass is 311 g/mol. The third kappa shape index (κ3) is 3.57. The summed E-state index contributed by atoms with van der Waals surface area (Å²) in [4.78, 5) is 10.9. The standard InChI is InChI=1S/C18H21N3O2/c1-21(2)11-17(22)20-18-13-7-3-4-9-16(13)23-12-14(18)15-8-5-6-10-19-15/h3-10,14,17,22H,11-12H2,1-2H3. The molecule has 0 bridgehead atoms. The van der Waals surface area contributed by atoms with E-state index >= 15 is 0 Å². The van der Waals surface area contributed by atoms with E-state index in [1.807, 2.05) is 61.5 Å². The molecule has 1 aliphatic heterocycles. The molecule has 0 saturated heterocycles. The molecule has 5 nitrogen and oxygen atoms in total. The van der Waals surface area contributed by atoms with Gasteiger partial charge in [-0.05, 0) is 38.4 Å². The van der Waals surface area contributed by atoms with Crippen LogP contribution in [0.25, 0.3) is 0 Å². The van der Waals surface area contributed by atoms with Gasteiger partial charge in [-0.25, -0.2) is 0 Å². The smallest absolute Gasteiger partial charge is 0.158 e. The minimum atomic E-state index is -0.780. The van der Waals surface area contributed by atoms with Gasteiger partial charge < -0.3 is 14.7 Å². The Morgan fingerprint density at radius 1 is 1.26 bits per heavy atom. The molecule has 23 heavy (non-hydrogen) atoms. The molecule has 0 amide bonds. The predicted molar refractivity (Wildman–Crippen MR) is 90.0 cm³/mol. The first-order valence-electron chi connectivity index (χ1n) is 7.69. The summed E-state index contributed by atoms with van der Waals surface area (Å²) in [6.45, 7) is 0.947. The lowest BCUT2D eigenvalue weighted by molar-refractivity contribution is 0.144. The Morgan fingerprint density at radius 3 is 2.78 bits per heavy atom. The topological polar surface area (TPSA) is 58.0 Å². The van der Waals surface area contributed by atoms with Crippen LogP contribution in [-0.4, -0.2) is 54.2 Å². The summed E-state index contributed by atoms with van der Waals surface area (Å²) in [5.41, 5.74) is 2.66. The number of pyridine rings is 1. The second-order valence-corrected chi connectivity index (χ2v) is 5.87. The highest BCUT2D eigenvalue weighted by Crippen LogP contribution is 2.32. The third-order valence-electron chi connectivity index (χ3n) is 3.76. The van der Waals surface area contributed by atoms with E-state index < -0.39 is 6.23 Å². The minimum absolute atomic E-state index is 0.0806. The largest absolute Gasteiger partial charge is 0.492 e. The molecule has 1 aliphatic rings. The second-order valence-electron chi connectivity index (χ2n) is 5.87. The van der Waals surface area contributed by atoms with Crippen LogP contribution in [0.2, 0.25) is 0 Å². The van der Waals surface area contributed by atoms with Gasteiger partial charge in [0, 0.05) is 18.3 Å². The molecule has 5 heteroatoms. The van der Waals surface area contributed by atoms with Gasteiger partial charge >= 0.3 is 0 Å². The fourth-order valence-electron chi connectivity index (χ4n) is 2.74. The van der Waals surface area contributed by atoms with Gasteiger partial charge in [0.05, 0.1) is 17.3 Å². The SMILES string of the molecule is CN(C)CC(O)N=C1c2ccccc2OCC1c1ccccn1. The fourth-order valence-corrected chi connectivity index (χ4v) is 2.74. The van der Waals surface area contributed by atoms with E-state index in [0.717, 1.165) is 22.7 Å². The number of ether oxygens (including phenoxy) is 1. The average Bonchev–Trinajstić information content (AvgIpc) is 2.55. The quantitative estimate of drug-likeness (QED) is 0.937. The van der Waals surface area contributed by atoms with Crippen LogP contribution in [-0.2, 0) is 0 Å². The molecule has 1 aromatic heterocycles. The van der Waals surface area contributed by atoms with Crippen LogP contribution in [0, 0.1) is 0 Å². The Kier molecular flexibility index (Phi) is 4.69. The van der Waals surface area contributed by atoms with Crippen molar-refractivity contribution in [2.75, 3.05) is 27.2 Å². The van der Waals surface area contributed by atoms with Crippen molar-refractivity contribution in [1.29, 1.82) is 0 Å². The first-order valence-corrected chi connectivity index (χ1v) is 7.69. The molecule has 2 unspecified atom stereocenters. The zero-order valence-electron chi connectivity index (χ0n) is 13.4. The minimum Gasteiger partial charge on any atom is -0.492 e. The third-order valence-corrected chi connectivity index (χ3v) is 3.76. The zero-order chi connectivity index (χ0) is 16.2. The first kappa shape index (κ1) is 15.6. The number of aromatic nitrogens is 1. The highest BCUT2D eigenvalue weighted by atomic mass is 16.5. The van der Waals surface area contributed by atoms with Crippen LogP contribution in [0.15, 0.2) is 53.7 Å². The molecule has 3 rings (SSSR count). The van der Waals surface area contributed by atoms with Gasteiger partial charge in [0.2, 0.25) is 0 Å². The van der Waals surface area contributed by atoms with E-state index in [-0.39, 0.29) is 5.92 Å². The summed E-state index contributed by atoms with van der Waals surface area (Å²) in [5.74, 6) is 0.721. The summed E-state index contributed by atoms with van der Waals surface area (Å²) in [6.07, 6.45) is 0.987. The van der Waals surface area contributed by atoms with Gasteiger partial charge in [0.15, 0.2) is 6.23 Å². The molecular weight excluding hydrogens is 290 g/mol. The number of aliphatic hydroxyl groups is 1. The molecular formula is C18H21N3O2.